The number of nitriles is 1. The summed E-state index contributed by atoms with van der Waals surface area (Å²) in [5.41, 5.74) is 1.41. The normalized spacial score (nSPS) is 11.7. The number of benzene rings is 2. The van der Waals surface area contributed by atoms with E-state index >= 15 is 0 Å². The summed E-state index contributed by atoms with van der Waals surface area (Å²) in [6.45, 7) is 1.71. The van der Waals surface area contributed by atoms with Crippen LogP contribution in [0.25, 0.3) is 0 Å². The van der Waals surface area contributed by atoms with Crippen molar-refractivity contribution in [1.82, 2.24) is 0 Å². The molecule has 0 heterocycles. The van der Waals surface area contributed by atoms with Crippen LogP contribution in [-0.4, -0.2) is 5.11 Å². The Bertz CT molecular complexity index is 615. The summed E-state index contributed by atoms with van der Waals surface area (Å²) in [7, 11) is 0. The fraction of sp³-hybridized carbons (Fsp3) is 0.133. The maximum Gasteiger partial charge on any atom is 0.141 e. The first-order chi connectivity index (χ1) is 9.10. The van der Waals surface area contributed by atoms with E-state index in [9.17, 15) is 5.11 Å². The van der Waals surface area contributed by atoms with Crippen molar-refractivity contribution < 1.29 is 9.84 Å². The molecule has 0 bridgehead atoms. The molecule has 1 atom stereocenters. The van der Waals surface area contributed by atoms with Gasteiger partial charge in [0.1, 0.15) is 11.5 Å². The molecule has 1 N–H and O–H groups in total. The lowest BCUT2D eigenvalue weighted by Gasteiger charge is -2.10. The van der Waals surface area contributed by atoms with Gasteiger partial charge in [-0.15, -0.1) is 0 Å². The van der Waals surface area contributed by atoms with E-state index in [2.05, 4.69) is 22.0 Å². The van der Waals surface area contributed by atoms with Gasteiger partial charge >= 0.3 is 0 Å². The summed E-state index contributed by atoms with van der Waals surface area (Å²) < 4.78 is 6.48. The minimum Gasteiger partial charge on any atom is -0.456 e. The van der Waals surface area contributed by atoms with Crippen molar-refractivity contribution in [2.75, 3.05) is 0 Å². The van der Waals surface area contributed by atoms with Crippen LogP contribution in [0.3, 0.4) is 0 Å². The molecule has 0 radical (unpaired) electrons. The van der Waals surface area contributed by atoms with E-state index < -0.39 is 6.10 Å². The van der Waals surface area contributed by atoms with Crippen LogP contribution in [-0.2, 0) is 0 Å². The summed E-state index contributed by atoms with van der Waals surface area (Å²) in [6.07, 6.45) is -0.514. The molecule has 2 aromatic carbocycles. The van der Waals surface area contributed by atoms with Crippen LogP contribution in [0, 0.1) is 11.3 Å². The third-order valence-corrected chi connectivity index (χ3v) is 3.27. The molecule has 0 aliphatic rings. The van der Waals surface area contributed by atoms with Gasteiger partial charge in [-0.05, 0) is 64.8 Å². The maximum atomic E-state index is 9.49. The van der Waals surface area contributed by atoms with Gasteiger partial charge in [0.2, 0.25) is 0 Å². The molecule has 19 heavy (non-hydrogen) atoms. The molecule has 0 spiro atoms. The first kappa shape index (κ1) is 13.6. The highest BCUT2D eigenvalue weighted by molar-refractivity contribution is 9.10. The predicted molar refractivity (Wildman–Crippen MR) is 76.0 cm³/mol. The quantitative estimate of drug-likeness (QED) is 0.924. The van der Waals surface area contributed by atoms with Gasteiger partial charge in [0, 0.05) is 0 Å². The number of aliphatic hydroxyl groups is 1. The van der Waals surface area contributed by atoms with Crippen molar-refractivity contribution in [2.45, 2.75) is 13.0 Å². The van der Waals surface area contributed by atoms with Crippen LogP contribution in [0.2, 0.25) is 0 Å². The lowest BCUT2D eigenvalue weighted by Crippen LogP contribution is -1.92. The van der Waals surface area contributed by atoms with Crippen molar-refractivity contribution in [3.8, 4) is 17.6 Å². The molecule has 0 saturated carbocycles. The fourth-order valence-electron chi connectivity index (χ4n) is 1.58. The number of halogens is 1. The molecule has 0 saturated heterocycles. The molecule has 2 aromatic rings. The highest BCUT2D eigenvalue weighted by Gasteiger charge is 2.07. The summed E-state index contributed by atoms with van der Waals surface area (Å²) >= 11 is 3.41. The van der Waals surface area contributed by atoms with E-state index in [4.69, 9.17) is 10.00 Å². The molecule has 4 heteroatoms. The molecular weight excluding hydrogens is 306 g/mol. The fourth-order valence-corrected chi connectivity index (χ4v) is 2.06. The minimum atomic E-state index is -0.514. The molecule has 0 amide bonds. The van der Waals surface area contributed by atoms with Gasteiger partial charge in [-0.1, -0.05) is 6.07 Å². The van der Waals surface area contributed by atoms with Crippen molar-refractivity contribution in [3.63, 3.8) is 0 Å². The van der Waals surface area contributed by atoms with Crippen molar-refractivity contribution in [3.05, 3.63) is 58.1 Å². The second-order valence-electron chi connectivity index (χ2n) is 4.10. The van der Waals surface area contributed by atoms with E-state index in [-0.39, 0.29) is 0 Å². The zero-order chi connectivity index (χ0) is 13.8. The molecular formula is C15H12BrNO2. The topological polar surface area (TPSA) is 53.2 Å². The SMILES string of the molecule is CC(O)c1ccc(Oc2ccc(C#N)cc2)c(Br)c1. The van der Waals surface area contributed by atoms with Gasteiger partial charge in [-0.25, -0.2) is 0 Å². The lowest BCUT2D eigenvalue weighted by molar-refractivity contribution is 0.199. The minimum absolute atomic E-state index is 0.514. The standard InChI is InChI=1S/C15H12BrNO2/c1-10(18)12-4-7-15(14(16)8-12)19-13-5-2-11(9-17)3-6-13/h2-8,10,18H,1H3. The van der Waals surface area contributed by atoms with Crippen LogP contribution in [0.4, 0.5) is 0 Å². The third-order valence-electron chi connectivity index (χ3n) is 2.65. The highest BCUT2D eigenvalue weighted by Crippen LogP contribution is 2.32. The van der Waals surface area contributed by atoms with Crippen LogP contribution < -0.4 is 4.74 Å². The summed E-state index contributed by atoms with van der Waals surface area (Å²) in [4.78, 5) is 0. The molecule has 96 valence electrons. The first-order valence-electron chi connectivity index (χ1n) is 5.75. The molecule has 1 unspecified atom stereocenters. The van der Waals surface area contributed by atoms with Crippen LogP contribution >= 0.6 is 15.9 Å². The van der Waals surface area contributed by atoms with Gasteiger partial charge in [0.05, 0.1) is 22.2 Å². The molecule has 0 aromatic heterocycles. The summed E-state index contributed by atoms with van der Waals surface area (Å²) in [5.74, 6) is 1.32. The van der Waals surface area contributed by atoms with Gasteiger partial charge < -0.3 is 9.84 Å². The Hall–Kier alpha value is -1.83. The van der Waals surface area contributed by atoms with Gasteiger partial charge in [-0.2, -0.15) is 5.26 Å². The third kappa shape index (κ3) is 3.34. The first-order valence-corrected chi connectivity index (χ1v) is 6.55. The average molecular weight is 318 g/mol. The molecule has 0 fully saturated rings. The Morgan fingerprint density at radius 3 is 2.42 bits per heavy atom. The average Bonchev–Trinajstić information content (AvgIpc) is 2.41. The van der Waals surface area contributed by atoms with Crippen LogP contribution in [0.5, 0.6) is 11.5 Å². The zero-order valence-electron chi connectivity index (χ0n) is 10.3. The Morgan fingerprint density at radius 2 is 1.89 bits per heavy atom. The maximum absolute atomic E-state index is 9.49. The largest absolute Gasteiger partial charge is 0.456 e. The smallest absolute Gasteiger partial charge is 0.141 e. The van der Waals surface area contributed by atoms with E-state index in [1.54, 1.807) is 37.3 Å². The number of hydrogen-bond donors (Lipinski definition) is 1. The van der Waals surface area contributed by atoms with Crippen molar-refractivity contribution in [2.24, 2.45) is 0 Å². The summed E-state index contributed by atoms with van der Waals surface area (Å²) in [5, 5.41) is 18.2. The Morgan fingerprint density at radius 1 is 1.21 bits per heavy atom. The second-order valence-corrected chi connectivity index (χ2v) is 4.96. The lowest BCUT2D eigenvalue weighted by atomic mass is 10.1. The van der Waals surface area contributed by atoms with Crippen LogP contribution in [0.15, 0.2) is 46.9 Å². The molecule has 0 aliphatic heterocycles. The van der Waals surface area contributed by atoms with E-state index in [0.717, 1.165) is 10.0 Å². The van der Waals surface area contributed by atoms with Gasteiger partial charge in [0.15, 0.2) is 0 Å². The monoisotopic (exact) mass is 317 g/mol. The van der Waals surface area contributed by atoms with Crippen molar-refractivity contribution >= 4 is 15.9 Å². The highest BCUT2D eigenvalue weighted by atomic mass is 79.9. The molecule has 2 rings (SSSR count). The Labute approximate surface area is 120 Å². The van der Waals surface area contributed by atoms with Gasteiger partial charge in [0.25, 0.3) is 0 Å². The zero-order valence-corrected chi connectivity index (χ0v) is 11.9. The number of ether oxygens (including phenoxy) is 1. The number of hydrogen-bond acceptors (Lipinski definition) is 3. The molecule has 3 nitrogen and oxygen atoms in total. The van der Waals surface area contributed by atoms with E-state index in [1.807, 2.05) is 12.1 Å². The van der Waals surface area contributed by atoms with E-state index in [1.165, 1.54) is 0 Å². The van der Waals surface area contributed by atoms with Crippen LogP contribution in [0.1, 0.15) is 24.2 Å². The summed E-state index contributed by atoms with van der Waals surface area (Å²) in [6, 6.07) is 14.4. The number of aliphatic hydroxyl groups excluding tert-OH is 1. The predicted octanol–water partition coefficient (Wildman–Crippen LogP) is 4.17. The number of rotatable bonds is 3. The molecule has 0 aliphatic carbocycles. The Balaban J connectivity index is 2.21. The van der Waals surface area contributed by atoms with Gasteiger partial charge in [-0.3, -0.25) is 0 Å². The second kappa shape index (κ2) is 5.87. The van der Waals surface area contributed by atoms with Crippen molar-refractivity contribution in [1.29, 1.82) is 5.26 Å². The number of nitrogens with zero attached hydrogens (tertiary/aromatic N) is 1. The van der Waals surface area contributed by atoms with E-state index in [0.29, 0.717) is 17.1 Å². The Kier molecular flexibility index (Phi) is 4.20.